The molecule has 1 heteroatoms. The lowest BCUT2D eigenvalue weighted by atomic mass is 9.82. The smallest absolute Gasteiger partial charge is 0.0681 e. The molecule has 0 amide bonds. The summed E-state index contributed by atoms with van der Waals surface area (Å²) in [6.45, 7) is 11.2. The van der Waals surface area contributed by atoms with Crippen molar-refractivity contribution in [1.29, 1.82) is 0 Å². The maximum Gasteiger partial charge on any atom is 0.0681 e. The highest BCUT2D eigenvalue weighted by atomic mass is 16.3. The Kier molecular flexibility index (Phi) is 3.30. The van der Waals surface area contributed by atoms with Crippen LogP contribution in [-0.4, -0.2) is 10.7 Å². The van der Waals surface area contributed by atoms with Crippen molar-refractivity contribution in [3.05, 3.63) is 0 Å². The average molecular weight is 198 g/mol. The van der Waals surface area contributed by atoms with E-state index >= 15 is 0 Å². The number of aliphatic hydroxyl groups is 1. The fraction of sp³-hybridized carbons (Fsp3) is 1.00. The summed E-state index contributed by atoms with van der Waals surface area (Å²) in [6.07, 6.45) is 4.30. The molecule has 0 heterocycles. The van der Waals surface area contributed by atoms with Gasteiger partial charge in [0.25, 0.3) is 0 Å². The lowest BCUT2D eigenvalue weighted by Gasteiger charge is -2.31. The van der Waals surface area contributed by atoms with Crippen LogP contribution in [0.1, 0.15) is 60.3 Å². The van der Waals surface area contributed by atoms with Crippen LogP contribution in [0.25, 0.3) is 0 Å². The molecule has 0 aromatic rings. The third-order valence-corrected chi connectivity index (χ3v) is 3.96. The van der Waals surface area contributed by atoms with Gasteiger partial charge in [-0.2, -0.15) is 0 Å². The Hall–Kier alpha value is -0.0400. The van der Waals surface area contributed by atoms with E-state index in [1.54, 1.807) is 0 Å². The van der Waals surface area contributed by atoms with Gasteiger partial charge >= 0.3 is 0 Å². The van der Waals surface area contributed by atoms with E-state index in [9.17, 15) is 5.11 Å². The molecule has 3 unspecified atom stereocenters. The zero-order valence-electron chi connectivity index (χ0n) is 10.4. The minimum Gasteiger partial charge on any atom is -0.390 e. The van der Waals surface area contributed by atoms with Gasteiger partial charge in [-0.1, -0.05) is 41.0 Å². The Bertz CT molecular complexity index is 197. The zero-order valence-corrected chi connectivity index (χ0v) is 10.4. The Morgan fingerprint density at radius 1 is 1.43 bits per heavy atom. The maximum absolute atomic E-state index is 10.6. The molecule has 3 atom stereocenters. The molecule has 0 saturated heterocycles. The predicted octanol–water partition coefficient (Wildman–Crippen LogP) is 3.61. The normalized spacial score (nSPS) is 38.6. The van der Waals surface area contributed by atoms with E-state index in [1.807, 2.05) is 0 Å². The molecule has 1 rings (SSSR count). The van der Waals surface area contributed by atoms with Crippen LogP contribution < -0.4 is 0 Å². The second kappa shape index (κ2) is 3.84. The third kappa shape index (κ3) is 2.50. The highest BCUT2D eigenvalue weighted by molar-refractivity contribution is 4.98. The summed E-state index contributed by atoms with van der Waals surface area (Å²) >= 11 is 0. The van der Waals surface area contributed by atoms with Crippen LogP contribution in [-0.2, 0) is 0 Å². The van der Waals surface area contributed by atoms with E-state index < -0.39 is 0 Å². The van der Waals surface area contributed by atoms with Crippen molar-refractivity contribution < 1.29 is 5.11 Å². The highest BCUT2D eigenvalue weighted by Gasteiger charge is 2.47. The van der Waals surface area contributed by atoms with E-state index in [2.05, 4.69) is 34.6 Å². The molecule has 1 aliphatic carbocycles. The van der Waals surface area contributed by atoms with Crippen LogP contribution in [0, 0.1) is 17.3 Å². The Morgan fingerprint density at radius 3 is 2.36 bits per heavy atom. The maximum atomic E-state index is 10.6. The van der Waals surface area contributed by atoms with Gasteiger partial charge in [-0.15, -0.1) is 0 Å². The van der Waals surface area contributed by atoms with Gasteiger partial charge in [0, 0.05) is 0 Å². The molecular weight excluding hydrogens is 172 g/mol. The molecule has 1 fully saturated rings. The monoisotopic (exact) mass is 198 g/mol. The van der Waals surface area contributed by atoms with Crippen molar-refractivity contribution in [2.45, 2.75) is 65.9 Å². The molecule has 14 heavy (non-hydrogen) atoms. The summed E-state index contributed by atoms with van der Waals surface area (Å²) in [6, 6.07) is 0. The highest BCUT2D eigenvalue weighted by Crippen LogP contribution is 2.50. The Balaban J connectivity index is 2.65. The molecule has 0 aromatic carbocycles. The number of rotatable bonds is 3. The summed E-state index contributed by atoms with van der Waals surface area (Å²) in [5, 5.41) is 10.6. The first kappa shape index (κ1) is 12.0. The molecule has 1 N–H and O–H groups in total. The van der Waals surface area contributed by atoms with Crippen molar-refractivity contribution in [2.24, 2.45) is 17.3 Å². The van der Waals surface area contributed by atoms with Crippen LogP contribution in [0.3, 0.4) is 0 Å². The summed E-state index contributed by atoms with van der Waals surface area (Å²) in [4.78, 5) is 0. The summed E-state index contributed by atoms with van der Waals surface area (Å²) in [7, 11) is 0. The lowest BCUT2D eigenvalue weighted by Crippen LogP contribution is -2.34. The second-order valence-corrected chi connectivity index (χ2v) is 6.27. The molecule has 1 saturated carbocycles. The van der Waals surface area contributed by atoms with Crippen LogP contribution in [0.5, 0.6) is 0 Å². The van der Waals surface area contributed by atoms with Crippen LogP contribution in [0.4, 0.5) is 0 Å². The first-order valence-electron chi connectivity index (χ1n) is 6.01. The molecule has 0 radical (unpaired) electrons. The van der Waals surface area contributed by atoms with Gasteiger partial charge in [-0.05, 0) is 36.5 Å². The van der Waals surface area contributed by atoms with E-state index in [0.29, 0.717) is 17.3 Å². The fourth-order valence-electron chi connectivity index (χ4n) is 3.12. The largest absolute Gasteiger partial charge is 0.390 e. The minimum absolute atomic E-state index is 0.335. The quantitative estimate of drug-likeness (QED) is 0.734. The van der Waals surface area contributed by atoms with Gasteiger partial charge < -0.3 is 5.11 Å². The molecule has 0 aliphatic heterocycles. The van der Waals surface area contributed by atoms with Gasteiger partial charge in [0.2, 0.25) is 0 Å². The van der Waals surface area contributed by atoms with Gasteiger partial charge in [0.05, 0.1) is 5.60 Å². The topological polar surface area (TPSA) is 20.2 Å². The van der Waals surface area contributed by atoms with Gasteiger partial charge in [-0.3, -0.25) is 0 Å². The second-order valence-electron chi connectivity index (χ2n) is 6.27. The predicted molar refractivity (Wildman–Crippen MR) is 61.2 cm³/mol. The van der Waals surface area contributed by atoms with Crippen molar-refractivity contribution in [2.75, 3.05) is 0 Å². The fourth-order valence-corrected chi connectivity index (χ4v) is 3.12. The summed E-state index contributed by atoms with van der Waals surface area (Å²) in [5.41, 5.74) is -0.0550. The molecule has 84 valence electrons. The van der Waals surface area contributed by atoms with Crippen molar-refractivity contribution in [3.8, 4) is 0 Å². The third-order valence-electron chi connectivity index (χ3n) is 3.96. The Morgan fingerprint density at radius 2 is 2.00 bits per heavy atom. The van der Waals surface area contributed by atoms with E-state index in [-0.39, 0.29) is 5.60 Å². The standard InChI is InChI=1S/C13H26O/c1-6-10(2)7-13(14)9-12(4,5)8-11(13)3/h10-11,14H,6-9H2,1-5H3. The molecule has 0 spiro atoms. The number of hydrogen-bond acceptors (Lipinski definition) is 1. The van der Waals surface area contributed by atoms with Crippen molar-refractivity contribution >= 4 is 0 Å². The Labute approximate surface area is 88.9 Å². The number of hydrogen-bond donors (Lipinski definition) is 1. The van der Waals surface area contributed by atoms with Gasteiger partial charge in [0.1, 0.15) is 0 Å². The summed E-state index contributed by atoms with van der Waals surface area (Å²) in [5.74, 6) is 1.11. The van der Waals surface area contributed by atoms with E-state index in [0.717, 1.165) is 12.8 Å². The van der Waals surface area contributed by atoms with E-state index in [4.69, 9.17) is 0 Å². The molecular formula is C13H26O. The zero-order chi connectivity index (χ0) is 11.0. The average Bonchev–Trinajstić information content (AvgIpc) is 2.20. The minimum atomic E-state index is -0.390. The van der Waals surface area contributed by atoms with Crippen molar-refractivity contribution in [3.63, 3.8) is 0 Å². The van der Waals surface area contributed by atoms with Crippen LogP contribution >= 0.6 is 0 Å². The molecule has 0 aromatic heterocycles. The lowest BCUT2D eigenvalue weighted by molar-refractivity contribution is -0.0167. The molecule has 0 bridgehead atoms. The molecule has 1 aliphatic rings. The molecule has 1 nitrogen and oxygen atoms in total. The first-order chi connectivity index (χ1) is 6.29. The van der Waals surface area contributed by atoms with Crippen LogP contribution in [0.15, 0.2) is 0 Å². The van der Waals surface area contributed by atoms with E-state index in [1.165, 1.54) is 12.8 Å². The first-order valence-corrected chi connectivity index (χ1v) is 6.01. The SMILES string of the molecule is CCC(C)CC1(O)CC(C)(C)CC1C. The van der Waals surface area contributed by atoms with Crippen LogP contribution in [0.2, 0.25) is 0 Å². The summed E-state index contributed by atoms with van der Waals surface area (Å²) < 4.78 is 0. The van der Waals surface area contributed by atoms with Gasteiger partial charge in [0.15, 0.2) is 0 Å². The van der Waals surface area contributed by atoms with Crippen molar-refractivity contribution in [1.82, 2.24) is 0 Å². The van der Waals surface area contributed by atoms with Gasteiger partial charge in [-0.25, -0.2) is 0 Å².